The molecule has 0 radical (unpaired) electrons. The molecule has 0 saturated carbocycles. The molecule has 0 atom stereocenters. The molecule has 1 heterocycles. The largest absolute Gasteiger partial charge is 0.388 e. The van der Waals surface area contributed by atoms with Gasteiger partial charge in [-0.2, -0.15) is 0 Å². The standard InChI is InChI=1S/C18H19N3O2/c1-12-6-5-7-13(2)18(12)20-17(23)10-21-15-9-4-3-8-14(15)19-16(21)11-22/h3-9,22H,10-11H2,1-2H3,(H,20,23). The van der Waals surface area contributed by atoms with Gasteiger partial charge in [0.2, 0.25) is 5.91 Å². The average molecular weight is 309 g/mol. The zero-order valence-electron chi connectivity index (χ0n) is 13.2. The molecule has 0 aliphatic rings. The van der Waals surface area contributed by atoms with Crippen LogP contribution in [0.3, 0.4) is 0 Å². The first kappa shape index (κ1) is 15.2. The van der Waals surface area contributed by atoms with E-state index < -0.39 is 0 Å². The first-order chi connectivity index (χ1) is 11.1. The maximum Gasteiger partial charge on any atom is 0.244 e. The maximum absolute atomic E-state index is 12.5. The Hall–Kier alpha value is -2.66. The van der Waals surface area contributed by atoms with Crippen molar-refractivity contribution in [2.45, 2.75) is 27.0 Å². The predicted octanol–water partition coefficient (Wildman–Crippen LogP) is 2.78. The van der Waals surface area contributed by atoms with E-state index >= 15 is 0 Å². The number of para-hydroxylation sites is 3. The van der Waals surface area contributed by atoms with Gasteiger partial charge in [0.1, 0.15) is 19.0 Å². The topological polar surface area (TPSA) is 67.2 Å². The highest BCUT2D eigenvalue weighted by atomic mass is 16.3. The summed E-state index contributed by atoms with van der Waals surface area (Å²) < 4.78 is 1.75. The molecular formula is C18H19N3O2. The Bertz CT molecular complexity index is 848. The molecule has 0 unspecified atom stereocenters. The Morgan fingerprint density at radius 3 is 2.52 bits per heavy atom. The number of aliphatic hydroxyl groups excluding tert-OH is 1. The number of aliphatic hydroxyl groups is 1. The van der Waals surface area contributed by atoms with Crippen LogP contribution >= 0.6 is 0 Å². The summed E-state index contributed by atoms with van der Waals surface area (Å²) in [5.74, 6) is 0.350. The Balaban J connectivity index is 1.89. The minimum absolute atomic E-state index is 0.115. The number of carbonyl (C=O) groups excluding carboxylic acids is 1. The Morgan fingerprint density at radius 2 is 1.83 bits per heavy atom. The number of amides is 1. The molecule has 1 aromatic heterocycles. The molecule has 0 fully saturated rings. The third-order valence-corrected chi connectivity index (χ3v) is 3.92. The molecule has 0 aliphatic carbocycles. The number of rotatable bonds is 4. The van der Waals surface area contributed by atoms with Crippen molar-refractivity contribution in [1.29, 1.82) is 0 Å². The van der Waals surface area contributed by atoms with Gasteiger partial charge >= 0.3 is 0 Å². The number of benzene rings is 2. The number of aryl methyl sites for hydroxylation is 2. The number of anilines is 1. The van der Waals surface area contributed by atoms with Crippen LogP contribution in [0.1, 0.15) is 17.0 Å². The fraction of sp³-hybridized carbons (Fsp3) is 0.222. The summed E-state index contributed by atoms with van der Waals surface area (Å²) in [6.07, 6.45) is 0. The molecule has 0 aliphatic heterocycles. The van der Waals surface area contributed by atoms with Gasteiger partial charge in [-0.05, 0) is 37.1 Å². The zero-order chi connectivity index (χ0) is 16.4. The summed E-state index contributed by atoms with van der Waals surface area (Å²) in [6.45, 7) is 3.85. The van der Waals surface area contributed by atoms with Crippen LogP contribution in [0.15, 0.2) is 42.5 Å². The molecule has 0 spiro atoms. The van der Waals surface area contributed by atoms with Gasteiger partial charge in [-0.3, -0.25) is 4.79 Å². The van der Waals surface area contributed by atoms with Gasteiger partial charge in [-0.25, -0.2) is 4.98 Å². The monoisotopic (exact) mass is 309 g/mol. The van der Waals surface area contributed by atoms with E-state index in [1.165, 1.54) is 0 Å². The van der Waals surface area contributed by atoms with Crippen molar-refractivity contribution in [2.75, 3.05) is 5.32 Å². The van der Waals surface area contributed by atoms with Crippen LogP contribution in [-0.2, 0) is 17.9 Å². The third-order valence-electron chi connectivity index (χ3n) is 3.92. The molecule has 3 aromatic rings. The van der Waals surface area contributed by atoms with E-state index in [1.54, 1.807) is 4.57 Å². The van der Waals surface area contributed by atoms with Crippen LogP contribution in [0.5, 0.6) is 0 Å². The summed E-state index contributed by atoms with van der Waals surface area (Å²) >= 11 is 0. The molecule has 2 N–H and O–H groups in total. The second-order valence-corrected chi connectivity index (χ2v) is 5.58. The van der Waals surface area contributed by atoms with Crippen molar-refractivity contribution in [3.05, 3.63) is 59.4 Å². The number of imidazole rings is 1. The Kier molecular flexibility index (Phi) is 4.12. The first-order valence-corrected chi connectivity index (χ1v) is 7.51. The number of hydrogen-bond donors (Lipinski definition) is 2. The third kappa shape index (κ3) is 2.96. The minimum atomic E-state index is -0.203. The highest BCUT2D eigenvalue weighted by Crippen LogP contribution is 2.20. The quantitative estimate of drug-likeness (QED) is 0.779. The molecule has 5 heteroatoms. The summed E-state index contributed by atoms with van der Waals surface area (Å²) in [5, 5.41) is 12.5. The van der Waals surface area contributed by atoms with Gasteiger partial charge in [0.05, 0.1) is 11.0 Å². The van der Waals surface area contributed by atoms with Gasteiger partial charge in [0, 0.05) is 5.69 Å². The number of nitrogens with zero attached hydrogens (tertiary/aromatic N) is 2. The summed E-state index contributed by atoms with van der Waals surface area (Å²) in [7, 11) is 0. The van der Waals surface area contributed by atoms with Gasteiger partial charge in [-0.15, -0.1) is 0 Å². The lowest BCUT2D eigenvalue weighted by Crippen LogP contribution is -2.21. The van der Waals surface area contributed by atoms with Crippen LogP contribution in [0.4, 0.5) is 5.69 Å². The summed E-state index contributed by atoms with van der Waals surface area (Å²) in [4.78, 5) is 16.8. The van der Waals surface area contributed by atoms with Crippen LogP contribution in [0.25, 0.3) is 11.0 Å². The van der Waals surface area contributed by atoms with E-state index in [-0.39, 0.29) is 19.1 Å². The summed E-state index contributed by atoms with van der Waals surface area (Å²) in [5.41, 5.74) is 4.50. The predicted molar refractivity (Wildman–Crippen MR) is 90.2 cm³/mol. The number of carbonyl (C=O) groups is 1. The first-order valence-electron chi connectivity index (χ1n) is 7.51. The molecule has 1 amide bonds. The smallest absolute Gasteiger partial charge is 0.244 e. The number of nitrogens with one attached hydrogen (secondary N) is 1. The van der Waals surface area contributed by atoms with Gasteiger partial charge in [-0.1, -0.05) is 30.3 Å². The SMILES string of the molecule is Cc1cccc(C)c1NC(=O)Cn1c(CO)nc2ccccc21. The van der Waals surface area contributed by atoms with Crippen molar-refractivity contribution in [2.24, 2.45) is 0 Å². The van der Waals surface area contributed by atoms with Crippen molar-refractivity contribution < 1.29 is 9.90 Å². The fourth-order valence-corrected chi connectivity index (χ4v) is 2.76. The maximum atomic E-state index is 12.5. The van der Waals surface area contributed by atoms with Gasteiger partial charge in [0.15, 0.2) is 0 Å². The summed E-state index contributed by atoms with van der Waals surface area (Å²) in [6, 6.07) is 13.4. The minimum Gasteiger partial charge on any atom is -0.388 e. The highest BCUT2D eigenvalue weighted by molar-refractivity contribution is 5.93. The van der Waals surface area contributed by atoms with E-state index in [9.17, 15) is 9.90 Å². The normalized spacial score (nSPS) is 10.9. The van der Waals surface area contributed by atoms with E-state index in [0.717, 1.165) is 27.8 Å². The van der Waals surface area contributed by atoms with Crippen LogP contribution < -0.4 is 5.32 Å². The van der Waals surface area contributed by atoms with Crippen LogP contribution in [0, 0.1) is 13.8 Å². The zero-order valence-corrected chi connectivity index (χ0v) is 13.2. The Labute approximate surface area is 134 Å². The van der Waals surface area contributed by atoms with Gasteiger partial charge < -0.3 is 15.0 Å². The van der Waals surface area contributed by atoms with E-state index in [4.69, 9.17) is 0 Å². The van der Waals surface area contributed by atoms with Crippen molar-refractivity contribution in [1.82, 2.24) is 9.55 Å². The lowest BCUT2D eigenvalue weighted by atomic mass is 10.1. The van der Waals surface area contributed by atoms with Gasteiger partial charge in [0.25, 0.3) is 0 Å². The second-order valence-electron chi connectivity index (χ2n) is 5.58. The van der Waals surface area contributed by atoms with Crippen molar-refractivity contribution in [3.8, 4) is 0 Å². The lowest BCUT2D eigenvalue weighted by Gasteiger charge is -2.13. The highest BCUT2D eigenvalue weighted by Gasteiger charge is 2.14. The molecule has 118 valence electrons. The van der Waals surface area contributed by atoms with Crippen LogP contribution in [0.2, 0.25) is 0 Å². The Morgan fingerprint density at radius 1 is 1.13 bits per heavy atom. The van der Waals surface area contributed by atoms with E-state index in [1.807, 2.05) is 56.3 Å². The molecule has 2 aromatic carbocycles. The lowest BCUT2D eigenvalue weighted by molar-refractivity contribution is -0.116. The average Bonchev–Trinajstić information content (AvgIpc) is 2.89. The second kappa shape index (κ2) is 6.22. The van der Waals surface area contributed by atoms with Crippen LogP contribution in [-0.4, -0.2) is 20.6 Å². The van der Waals surface area contributed by atoms with E-state index in [2.05, 4.69) is 10.3 Å². The van der Waals surface area contributed by atoms with E-state index in [0.29, 0.717) is 5.82 Å². The molecular weight excluding hydrogens is 290 g/mol. The number of hydrogen-bond acceptors (Lipinski definition) is 3. The molecule has 23 heavy (non-hydrogen) atoms. The molecule has 5 nitrogen and oxygen atoms in total. The van der Waals surface area contributed by atoms with Crippen molar-refractivity contribution in [3.63, 3.8) is 0 Å². The molecule has 0 bridgehead atoms. The number of aromatic nitrogens is 2. The molecule has 0 saturated heterocycles. The fourth-order valence-electron chi connectivity index (χ4n) is 2.76. The molecule has 3 rings (SSSR count). The van der Waals surface area contributed by atoms with Crippen molar-refractivity contribution >= 4 is 22.6 Å². The number of fused-ring (bicyclic) bond motifs is 1.